The third-order valence-electron chi connectivity index (χ3n) is 3.17. The first-order valence-electron chi connectivity index (χ1n) is 6.39. The van der Waals surface area contributed by atoms with Gasteiger partial charge in [-0.1, -0.05) is 23.9 Å². The molecule has 0 spiro atoms. The Bertz CT molecular complexity index is 822. The summed E-state index contributed by atoms with van der Waals surface area (Å²) in [4.78, 5) is 16.8. The first-order chi connectivity index (χ1) is 10.2. The number of thioether (sulfide) groups is 1. The molecule has 0 aliphatic rings. The summed E-state index contributed by atoms with van der Waals surface area (Å²) < 4.78 is 7.47. The van der Waals surface area contributed by atoms with E-state index < -0.39 is 0 Å². The maximum atomic E-state index is 12.2. The van der Waals surface area contributed by atoms with Crippen molar-refractivity contribution in [2.45, 2.75) is 10.9 Å². The minimum absolute atomic E-state index is 0.0206. The summed E-state index contributed by atoms with van der Waals surface area (Å²) in [6, 6.07) is 9.80. The van der Waals surface area contributed by atoms with Gasteiger partial charge in [0.05, 0.1) is 12.6 Å². The molecule has 0 fully saturated rings. The van der Waals surface area contributed by atoms with E-state index in [-0.39, 0.29) is 5.56 Å². The molecule has 2 aromatic heterocycles. The van der Waals surface area contributed by atoms with Gasteiger partial charge in [-0.2, -0.15) is 0 Å². The molecule has 0 N–H and O–H groups in total. The molecule has 0 radical (unpaired) electrons. The van der Waals surface area contributed by atoms with Crippen LogP contribution in [0.1, 0.15) is 5.56 Å². The number of aromatic nitrogens is 2. The van der Waals surface area contributed by atoms with Crippen LogP contribution in [-0.2, 0) is 12.8 Å². The Morgan fingerprint density at radius 1 is 1.29 bits per heavy atom. The number of hydrogen-bond acceptors (Lipinski definition) is 5. The second kappa shape index (κ2) is 5.91. The lowest BCUT2D eigenvalue weighted by Crippen LogP contribution is -2.18. The van der Waals surface area contributed by atoms with Crippen molar-refractivity contribution in [2.24, 2.45) is 7.05 Å². The zero-order valence-corrected chi connectivity index (χ0v) is 13.3. The van der Waals surface area contributed by atoms with Crippen LogP contribution in [0.2, 0.25) is 0 Å². The molecule has 0 unspecified atom stereocenters. The van der Waals surface area contributed by atoms with Gasteiger partial charge in [0.15, 0.2) is 5.16 Å². The van der Waals surface area contributed by atoms with Gasteiger partial charge in [-0.05, 0) is 29.1 Å². The van der Waals surface area contributed by atoms with E-state index in [1.165, 1.54) is 16.9 Å². The summed E-state index contributed by atoms with van der Waals surface area (Å²) in [5.74, 6) is 1.61. The van der Waals surface area contributed by atoms with Crippen LogP contribution in [0.3, 0.4) is 0 Å². The van der Waals surface area contributed by atoms with E-state index in [2.05, 4.69) is 4.98 Å². The third-order valence-corrected chi connectivity index (χ3v) is 5.17. The Morgan fingerprint density at radius 2 is 2.05 bits per heavy atom. The molecule has 3 rings (SSSR count). The van der Waals surface area contributed by atoms with E-state index in [1.807, 2.05) is 35.7 Å². The van der Waals surface area contributed by atoms with Gasteiger partial charge in [0.1, 0.15) is 10.4 Å². The Labute approximate surface area is 130 Å². The molecular weight excluding hydrogens is 304 g/mol. The van der Waals surface area contributed by atoms with Gasteiger partial charge in [-0.15, -0.1) is 11.3 Å². The van der Waals surface area contributed by atoms with Gasteiger partial charge in [0, 0.05) is 12.8 Å². The molecule has 0 saturated heterocycles. The number of hydrogen-bond donors (Lipinski definition) is 0. The minimum Gasteiger partial charge on any atom is -0.497 e. The molecule has 4 nitrogen and oxygen atoms in total. The lowest BCUT2D eigenvalue weighted by Gasteiger charge is -2.07. The minimum atomic E-state index is 0.0206. The molecule has 1 aromatic carbocycles. The number of benzene rings is 1. The molecule has 0 aliphatic heterocycles. The highest BCUT2D eigenvalue weighted by Gasteiger charge is 2.09. The van der Waals surface area contributed by atoms with E-state index in [4.69, 9.17) is 4.74 Å². The Morgan fingerprint density at radius 3 is 2.76 bits per heavy atom. The summed E-state index contributed by atoms with van der Waals surface area (Å²) in [5.41, 5.74) is 1.97. The van der Waals surface area contributed by atoms with Gasteiger partial charge >= 0.3 is 0 Å². The maximum absolute atomic E-state index is 12.2. The number of rotatable bonds is 4. The number of ether oxygens (including phenoxy) is 1. The number of nitrogens with zero attached hydrogens (tertiary/aromatic N) is 2. The fourth-order valence-electron chi connectivity index (χ4n) is 1.97. The van der Waals surface area contributed by atoms with E-state index in [1.54, 1.807) is 30.5 Å². The molecule has 21 heavy (non-hydrogen) atoms. The summed E-state index contributed by atoms with van der Waals surface area (Å²) in [6.45, 7) is 0. The molecule has 3 aromatic rings. The average Bonchev–Trinajstić information content (AvgIpc) is 2.98. The molecule has 0 saturated carbocycles. The molecule has 6 heteroatoms. The average molecular weight is 318 g/mol. The van der Waals surface area contributed by atoms with Gasteiger partial charge in [-0.3, -0.25) is 9.36 Å². The fraction of sp³-hybridized carbons (Fsp3) is 0.200. The van der Waals surface area contributed by atoms with Crippen LogP contribution >= 0.6 is 23.1 Å². The predicted octanol–water partition coefficient (Wildman–Crippen LogP) is 3.30. The highest BCUT2D eigenvalue weighted by molar-refractivity contribution is 7.98. The largest absolute Gasteiger partial charge is 0.497 e. The van der Waals surface area contributed by atoms with Crippen molar-refractivity contribution in [1.29, 1.82) is 0 Å². The van der Waals surface area contributed by atoms with Crippen molar-refractivity contribution in [1.82, 2.24) is 9.55 Å². The molecule has 0 bridgehead atoms. The molecule has 2 heterocycles. The molecule has 0 aliphatic carbocycles. The lowest BCUT2D eigenvalue weighted by molar-refractivity contribution is 0.414. The normalized spacial score (nSPS) is 11.0. The van der Waals surface area contributed by atoms with E-state index in [0.717, 1.165) is 22.2 Å². The van der Waals surface area contributed by atoms with Crippen LogP contribution in [-0.4, -0.2) is 16.7 Å². The number of methoxy groups -OCH3 is 1. The van der Waals surface area contributed by atoms with Gasteiger partial charge in [-0.25, -0.2) is 4.98 Å². The quantitative estimate of drug-likeness (QED) is 0.547. The van der Waals surface area contributed by atoms with Crippen molar-refractivity contribution in [2.75, 3.05) is 7.11 Å². The Hall–Kier alpha value is -1.79. The van der Waals surface area contributed by atoms with Gasteiger partial charge in [0.2, 0.25) is 0 Å². The number of thiophene rings is 1. The Balaban J connectivity index is 1.84. The van der Waals surface area contributed by atoms with E-state index in [0.29, 0.717) is 4.70 Å². The molecule has 108 valence electrons. The summed E-state index contributed by atoms with van der Waals surface area (Å²) >= 11 is 3.00. The van der Waals surface area contributed by atoms with E-state index >= 15 is 0 Å². The van der Waals surface area contributed by atoms with Crippen LogP contribution in [0.4, 0.5) is 0 Å². The van der Waals surface area contributed by atoms with Crippen LogP contribution in [0.25, 0.3) is 10.2 Å². The van der Waals surface area contributed by atoms with Crippen LogP contribution in [0, 0.1) is 0 Å². The van der Waals surface area contributed by atoms with Crippen LogP contribution in [0.15, 0.2) is 45.7 Å². The Kier molecular flexibility index (Phi) is 3.98. The zero-order valence-electron chi connectivity index (χ0n) is 11.7. The summed E-state index contributed by atoms with van der Waals surface area (Å²) in [7, 11) is 3.42. The van der Waals surface area contributed by atoms with Gasteiger partial charge in [0.25, 0.3) is 5.56 Å². The van der Waals surface area contributed by atoms with Crippen molar-refractivity contribution in [3.63, 3.8) is 0 Å². The van der Waals surface area contributed by atoms with Crippen molar-refractivity contribution in [3.05, 3.63) is 51.6 Å². The highest BCUT2D eigenvalue weighted by Crippen LogP contribution is 2.24. The maximum Gasteiger partial charge on any atom is 0.271 e. The predicted molar refractivity (Wildman–Crippen MR) is 87.4 cm³/mol. The molecular formula is C15H14N2O2S2. The van der Waals surface area contributed by atoms with Gasteiger partial charge < -0.3 is 4.74 Å². The number of fused-ring (bicyclic) bond motifs is 1. The van der Waals surface area contributed by atoms with Crippen molar-refractivity contribution >= 4 is 33.3 Å². The monoisotopic (exact) mass is 318 g/mol. The second-order valence-corrected chi connectivity index (χ2v) is 6.39. The van der Waals surface area contributed by atoms with Crippen molar-refractivity contribution in [3.8, 4) is 5.75 Å². The first kappa shape index (κ1) is 14.2. The second-order valence-electron chi connectivity index (χ2n) is 4.53. The van der Waals surface area contributed by atoms with Crippen LogP contribution < -0.4 is 10.3 Å². The fourth-order valence-corrected chi connectivity index (χ4v) is 3.70. The third kappa shape index (κ3) is 2.82. The first-order valence-corrected chi connectivity index (χ1v) is 8.25. The smallest absolute Gasteiger partial charge is 0.271 e. The zero-order chi connectivity index (χ0) is 14.8. The molecule has 0 atom stereocenters. The van der Waals surface area contributed by atoms with Crippen LogP contribution in [0.5, 0.6) is 5.75 Å². The standard InChI is InChI=1S/C15H14N2O2S2/c1-17-14(18)13-12(7-8-20-13)16-15(17)21-9-10-3-5-11(19-2)6-4-10/h3-8H,9H2,1-2H3. The highest BCUT2D eigenvalue weighted by atomic mass is 32.2. The topological polar surface area (TPSA) is 44.1 Å². The van der Waals surface area contributed by atoms with Crippen molar-refractivity contribution < 1.29 is 4.74 Å². The summed E-state index contributed by atoms with van der Waals surface area (Å²) in [6.07, 6.45) is 0. The molecule has 0 amide bonds. The summed E-state index contributed by atoms with van der Waals surface area (Å²) in [5, 5.41) is 2.64. The SMILES string of the molecule is COc1ccc(CSc2nc3ccsc3c(=O)n2C)cc1. The van der Waals surface area contributed by atoms with E-state index in [9.17, 15) is 4.79 Å². The lowest BCUT2D eigenvalue weighted by atomic mass is 10.2.